The van der Waals surface area contributed by atoms with Crippen molar-refractivity contribution in [2.24, 2.45) is 0 Å². The quantitative estimate of drug-likeness (QED) is 0.0274. The number of hydrogen-bond acceptors (Lipinski definition) is 6. The molecule has 1 unspecified atom stereocenters. The van der Waals surface area contributed by atoms with Gasteiger partial charge >= 0.3 is 17.9 Å². The summed E-state index contributed by atoms with van der Waals surface area (Å²) in [5.74, 6) is -0.881. The van der Waals surface area contributed by atoms with Gasteiger partial charge in [-0.2, -0.15) is 0 Å². The summed E-state index contributed by atoms with van der Waals surface area (Å²) in [6, 6.07) is 0. The van der Waals surface area contributed by atoms with E-state index in [1.54, 1.807) is 0 Å². The lowest BCUT2D eigenvalue weighted by Gasteiger charge is -2.18. The summed E-state index contributed by atoms with van der Waals surface area (Å²) in [5, 5.41) is 0. The van der Waals surface area contributed by atoms with Gasteiger partial charge in [-0.3, -0.25) is 14.4 Å². The maximum atomic E-state index is 12.6. The van der Waals surface area contributed by atoms with Gasteiger partial charge in [0.2, 0.25) is 0 Å². The van der Waals surface area contributed by atoms with Crippen molar-refractivity contribution >= 4 is 17.9 Å². The van der Waals surface area contributed by atoms with Crippen LogP contribution in [-0.4, -0.2) is 37.2 Å². The van der Waals surface area contributed by atoms with Crippen LogP contribution in [0.3, 0.4) is 0 Å². The van der Waals surface area contributed by atoms with E-state index in [0.717, 1.165) is 64.2 Å². The van der Waals surface area contributed by atoms with Crippen LogP contribution in [0.25, 0.3) is 0 Å². The number of unbranched alkanes of at least 4 members (excludes halogenated alkanes) is 26. The predicted octanol–water partition coefficient (Wildman–Crippen LogP) is 13.5. The van der Waals surface area contributed by atoms with Gasteiger partial charge in [0.25, 0.3) is 0 Å². The third-order valence-electron chi connectivity index (χ3n) is 9.52. The molecule has 0 aromatic heterocycles. The Morgan fingerprint density at radius 1 is 0.380 bits per heavy atom. The van der Waals surface area contributed by atoms with Crippen LogP contribution in [0.2, 0.25) is 0 Å². The molecule has 6 nitrogen and oxygen atoms in total. The van der Waals surface area contributed by atoms with Crippen LogP contribution in [0.5, 0.6) is 0 Å². The molecule has 50 heavy (non-hydrogen) atoms. The van der Waals surface area contributed by atoms with E-state index in [-0.39, 0.29) is 31.1 Å². The second-order valence-corrected chi connectivity index (χ2v) is 14.6. The number of carbonyl (C=O) groups excluding carboxylic acids is 3. The highest BCUT2D eigenvalue weighted by Gasteiger charge is 2.19. The number of hydrogen-bond donors (Lipinski definition) is 0. The van der Waals surface area contributed by atoms with Gasteiger partial charge in [0, 0.05) is 19.3 Å². The van der Waals surface area contributed by atoms with Crippen molar-refractivity contribution in [3.8, 4) is 0 Å². The fourth-order valence-electron chi connectivity index (χ4n) is 6.20. The Kier molecular flexibility index (Phi) is 38.5. The zero-order valence-corrected chi connectivity index (χ0v) is 33.4. The Labute approximate surface area is 310 Å². The van der Waals surface area contributed by atoms with Crippen molar-refractivity contribution in [2.45, 2.75) is 239 Å². The van der Waals surface area contributed by atoms with Crippen LogP contribution in [0.15, 0.2) is 12.2 Å². The summed E-state index contributed by atoms with van der Waals surface area (Å²) in [5.41, 5.74) is 0. The Bertz CT molecular complexity index is 778. The van der Waals surface area contributed by atoms with E-state index in [9.17, 15) is 14.4 Å². The maximum Gasteiger partial charge on any atom is 0.306 e. The molecule has 0 bridgehead atoms. The largest absolute Gasteiger partial charge is 0.462 e. The van der Waals surface area contributed by atoms with E-state index in [2.05, 4.69) is 32.9 Å². The van der Waals surface area contributed by atoms with Crippen LogP contribution in [0, 0.1) is 0 Å². The summed E-state index contributed by atoms with van der Waals surface area (Å²) in [4.78, 5) is 37.5. The fourth-order valence-corrected chi connectivity index (χ4v) is 6.20. The molecule has 294 valence electrons. The lowest BCUT2D eigenvalue weighted by Crippen LogP contribution is -2.30. The van der Waals surface area contributed by atoms with E-state index in [4.69, 9.17) is 14.2 Å². The molecular formula is C44H82O6. The number of allylic oxidation sites excluding steroid dienone is 2. The molecule has 0 aromatic rings. The minimum absolute atomic E-state index is 0.0694. The second kappa shape index (κ2) is 39.9. The zero-order valence-electron chi connectivity index (χ0n) is 33.4. The summed E-state index contributed by atoms with van der Waals surface area (Å²) in [6.45, 7) is 6.57. The van der Waals surface area contributed by atoms with Gasteiger partial charge in [0.05, 0.1) is 0 Å². The zero-order chi connectivity index (χ0) is 36.6. The summed E-state index contributed by atoms with van der Waals surface area (Å²) >= 11 is 0. The van der Waals surface area contributed by atoms with Gasteiger partial charge in [-0.05, 0) is 44.9 Å². The molecule has 0 radical (unpaired) electrons. The Balaban J connectivity index is 4.29. The van der Waals surface area contributed by atoms with E-state index in [1.165, 1.54) is 128 Å². The van der Waals surface area contributed by atoms with Crippen molar-refractivity contribution in [2.75, 3.05) is 13.2 Å². The highest BCUT2D eigenvalue weighted by atomic mass is 16.6. The Morgan fingerprint density at radius 2 is 0.660 bits per heavy atom. The van der Waals surface area contributed by atoms with Gasteiger partial charge in [-0.1, -0.05) is 181 Å². The molecular weight excluding hydrogens is 624 g/mol. The standard InChI is InChI=1S/C44H82O6/c1-4-7-10-13-16-19-20-21-22-23-24-26-28-31-34-37-43(46)49-40-41(39-48-42(45)36-33-30-27-18-15-12-9-6-3)50-44(47)38-35-32-29-25-17-14-11-8-5-2/h21-22,41H,4-20,23-40H2,1-3H3/b22-21-. The van der Waals surface area contributed by atoms with Gasteiger partial charge in [-0.25, -0.2) is 0 Å². The van der Waals surface area contributed by atoms with Crippen LogP contribution < -0.4 is 0 Å². The molecule has 0 N–H and O–H groups in total. The third kappa shape index (κ3) is 37.4. The van der Waals surface area contributed by atoms with Crippen LogP contribution in [0.4, 0.5) is 0 Å². The van der Waals surface area contributed by atoms with E-state index >= 15 is 0 Å². The summed E-state index contributed by atoms with van der Waals surface area (Å²) in [7, 11) is 0. The van der Waals surface area contributed by atoms with Gasteiger partial charge in [-0.15, -0.1) is 0 Å². The molecule has 1 atom stereocenters. The van der Waals surface area contributed by atoms with Crippen LogP contribution in [0.1, 0.15) is 233 Å². The molecule has 0 fully saturated rings. The predicted molar refractivity (Wildman–Crippen MR) is 210 cm³/mol. The summed E-state index contributed by atoms with van der Waals surface area (Å²) < 4.78 is 16.6. The minimum Gasteiger partial charge on any atom is -0.462 e. The van der Waals surface area contributed by atoms with Gasteiger partial charge in [0.15, 0.2) is 6.10 Å². The molecule has 0 aliphatic rings. The van der Waals surface area contributed by atoms with Crippen molar-refractivity contribution in [1.82, 2.24) is 0 Å². The molecule has 0 aromatic carbocycles. The average molecular weight is 707 g/mol. The smallest absolute Gasteiger partial charge is 0.306 e. The molecule has 0 heterocycles. The van der Waals surface area contributed by atoms with Gasteiger partial charge in [0.1, 0.15) is 13.2 Å². The van der Waals surface area contributed by atoms with Crippen LogP contribution in [-0.2, 0) is 28.6 Å². The molecule has 6 heteroatoms. The monoisotopic (exact) mass is 707 g/mol. The van der Waals surface area contributed by atoms with Crippen LogP contribution >= 0.6 is 0 Å². The molecule has 0 saturated heterocycles. The topological polar surface area (TPSA) is 78.9 Å². The number of ether oxygens (including phenoxy) is 3. The first-order chi connectivity index (χ1) is 24.5. The second-order valence-electron chi connectivity index (χ2n) is 14.6. The lowest BCUT2D eigenvalue weighted by atomic mass is 10.1. The molecule has 0 aliphatic heterocycles. The van der Waals surface area contributed by atoms with Crippen molar-refractivity contribution in [1.29, 1.82) is 0 Å². The molecule has 0 saturated carbocycles. The van der Waals surface area contributed by atoms with Crippen molar-refractivity contribution in [3.63, 3.8) is 0 Å². The number of rotatable bonds is 39. The molecule has 0 spiro atoms. The molecule has 0 amide bonds. The molecule has 0 aliphatic carbocycles. The van der Waals surface area contributed by atoms with Gasteiger partial charge < -0.3 is 14.2 Å². The highest BCUT2D eigenvalue weighted by molar-refractivity contribution is 5.71. The van der Waals surface area contributed by atoms with E-state index in [1.807, 2.05) is 0 Å². The molecule has 0 rings (SSSR count). The van der Waals surface area contributed by atoms with E-state index < -0.39 is 6.10 Å². The maximum absolute atomic E-state index is 12.6. The fraction of sp³-hybridized carbons (Fsp3) is 0.886. The SMILES string of the molecule is CCCCCCCC/C=C\CCCCCCCC(=O)OCC(COC(=O)CCCCCCCCCC)OC(=O)CCCCCCCCCCC. The van der Waals surface area contributed by atoms with Crippen molar-refractivity contribution in [3.05, 3.63) is 12.2 Å². The minimum atomic E-state index is -0.762. The number of carbonyl (C=O) groups is 3. The Morgan fingerprint density at radius 3 is 1.00 bits per heavy atom. The first kappa shape index (κ1) is 48.1. The first-order valence-corrected chi connectivity index (χ1v) is 21.7. The average Bonchev–Trinajstić information content (AvgIpc) is 3.11. The summed E-state index contributed by atoms with van der Waals surface area (Å²) in [6.07, 6.45) is 40.6. The lowest BCUT2D eigenvalue weighted by molar-refractivity contribution is -0.167. The Hall–Kier alpha value is -1.85. The third-order valence-corrected chi connectivity index (χ3v) is 9.52. The van der Waals surface area contributed by atoms with E-state index in [0.29, 0.717) is 19.3 Å². The highest BCUT2D eigenvalue weighted by Crippen LogP contribution is 2.14. The normalized spacial score (nSPS) is 12.0. The number of esters is 3. The first-order valence-electron chi connectivity index (χ1n) is 21.7. The van der Waals surface area contributed by atoms with Crippen molar-refractivity contribution < 1.29 is 28.6 Å².